The van der Waals surface area contributed by atoms with Crippen molar-refractivity contribution in [2.24, 2.45) is 23.5 Å². The van der Waals surface area contributed by atoms with Crippen LogP contribution >= 0.6 is 12.4 Å². The van der Waals surface area contributed by atoms with Crippen molar-refractivity contribution < 1.29 is 4.79 Å². The minimum absolute atomic E-state index is 0. The SMILES string of the molecule is CC(C)CC(C)CC(=O)NC1CCCCC1CN.Cl. The zero-order chi connectivity index (χ0) is 13.5. The average molecular weight is 291 g/mol. The number of carbonyl (C=O) groups is 1. The van der Waals surface area contributed by atoms with E-state index in [4.69, 9.17) is 5.73 Å². The van der Waals surface area contributed by atoms with Gasteiger partial charge < -0.3 is 11.1 Å². The fourth-order valence-corrected chi connectivity index (χ4v) is 3.15. The highest BCUT2D eigenvalue weighted by atomic mass is 35.5. The van der Waals surface area contributed by atoms with Crippen LogP contribution in [-0.2, 0) is 4.79 Å². The van der Waals surface area contributed by atoms with Crippen molar-refractivity contribution in [3.63, 3.8) is 0 Å². The van der Waals surface area contributed by atoms with Crippen molar-refractivity contribution >= 4 is 18.3 Å². The van der Waals surface area contributed by atoms with E-state index in [1.54, 1.807) is 0 Å². The predicted octanol–water partition coefficient (Wildman–Crippen LogP) is 3.11. The molecule has 0 saturated heterocycles. The van der Waals surface area contributed by atoms with E-state index >= 15 is 0 Å². The molecule has 3 atom stereocenters. The molecule has 1 fully saturated rings. The Labute approximate surface area is 124 Å². The Bertz CT molecular complexity index is 259. The zero-order valence-corrected chi connectivity index (χ0v) is 13.5. The molecule has 0 bridgehead atoms. The standard InChI is InChI=1S/C15H30N2O.ClH/c1-11(2)8-12(3)9-15(18)17-14-7-5-4-6-13(14)10-16;/h11-14H,4-10,16H2,1-3H3,(H,17,18);1H. The molecular weight excluding hydrogens is 260 g/mol. The molecule has 0 heterocycles. The van der Waals surface area contributed by atoms with E-state index in [1.807, 2.05) is 0 Å². The fourth-order valence-electron chi connectivity index (χ4n) is 3.15. The van der Waals surface area contributed by atoms with E-state index in [0.29, 0.717) is 36.8 Å². The number of hydrogen-bond donors (Lipinski definition) is 2. The molecule has 0 spiro atoms. The summed E-state index contributed by atoms with van der Waals surface area (Å²) in [5.41, 5.74) is 5.79. The molecule has 114 valence electrons. The van der Waals surface area contributed by atoms with Gasteiger partial charge in [-0.1, -0.05) is 33.6 Å². The summed E-state index contributed by atoms with van der Waals surface area (Å²) in [5, 5.41) is 3.21. The first kappa shape index (κ1) is 18.7. The molecule has 1 aliphatic rings. The molecule has 1 aliphatic carbocycles. The maximum atomic E-state index is 12.0. The van der Waals surface area contributed by atoms with Gasteiger partial charge in [-0.25, -0.2) is 0 Å². The number of halogens is 1. The lowest BCUT2D eigenvalue weighted by Crippen LogP contribution is -2.45. The second kappa shape index (κ2) is 9.60. The lowest BCUT2D eigenvalue weighted by atomic mass is 9.84. The Hall–Kier alpha value is -0.280. The number of rotatable bonds is 6. The largest absolute Gasteiger partial charge is 0.353 e. The van der Waals surface area contributed by atoms with Crippen LogP contribution in [0.3, 0.4) is 0 Å². The molecule has 3 N–H and O–H groups in total. The van der Waals surface area contributed by atoms with Crippen molar-refractivity contribution in [2.75, 3.05) is 6.54 Å². The van der Waals surface area contributed by atoms with Crippen LogP contribution in [0.4, 0.5) is 0 Å². The van der Waals surface area contributed by atoms with E-state index in [-0.39, 0.29) is 18.3 Å². The van der Waals surface area contributed by atoms with Gasteiger partial charge in [0.05, 0.1) is 0 Å². The van der Waals surface area contributed by atoms with Gasteiger partial charge in [-0.3, -0.25) is 4.79 Å². The van der Waals surface area contributed by atoms with Crippen molar-refractivity contribution in [1.29, 1.82) is 0 Å². The Balaban J connectivity index is 0.00000324. The first-order valence-corrected chi connectivity index (χ1v) is 7.52. The lowest BCUT2D eigenvalue weighted by molar-refractivity contribution is -0.123. The highest BCUT2D eigenvalue weighted by Gasteiger charge is 2.25. The van der Waals surface area contributed by atoms with Gasteiger partial charge in [-0.05, 0) is 43.6 Å². The van der Waals surface area contributed by atoms with Crippen LogP contribution in [0.2, 0.25) is 0 Å². The predicted molar refractivity (Wildman–Crippen MR) is 83.4 cm³/mol. The monoisotopic (exact) mass is 290 g/mol. The average Bonchev–Trinajstić information content (AvgIpc) is 2.28. The summed E-state index contributed by atoms with van der Waals surface area (Å²) in [6.07, 6.45) is 6.54. The van der Waals surface area contributed by atoms with Gasteiger partial charge in [0.1, 0.15) is 0 Å². The van der Waals surface area contributed by atoms with E-state index in [9.17, 15) is 4.79 Å². The number of nitrogens with two attached hydrogens (primary N) is 1. The first-order chi connectivity index (χ1) is 8.52. The van der Waals surface area contributed by atoms with E-state index in [1.165, 1.54) is 19.3 Å². The van der Waals surface area contributed by atoms with Crippen LogP contribution in [0.1, 0.15) is 59.3 Å². The fraction of sp³-hybridized carbons (Fsp3) is 0.933. The minimum atomic E-state index is 0. The summed E-state index contributed by atoms with van der Waals surface area (Å²) >= 11 is 0. The number of nitrogens with one attached hydrogen (secondary N) is 1. The van der Waals surface area contributed by atoms with E-state index in [2.05, 4.69) is 26.1 Å². The molecular formula is C15H31ClN2O. The van der Waals surface area contributed by atoms with Gasteiger partial charge in [0.2, 0.25) is 5.91 Å². The minimum Gasteiger partial charge on any atom is -0.353 e. The molecule has 3 nitrogen and oxygen atoms in total. The molecule has 1 amide bonds. The van der Waals surface area contributed by atoms with Crippen LogP contribution in [0.25, 0.3) is 0 Å². The van der Waals surface area contributed by atoms with Crippen LogP contribution in [-0.4, -0.2) is 18.5 Å². The maximum absolute atomic E-state index is 12.0. The van der Waals surface area contributed by atoms with Crippen molar-refractivity contribution in [3.8, 4) is 0 Å². The Kier molecular flexibility index (Phi) is 9.46. The smallest absolute Gasteiger partial charge is 0.220 e. The summed E-state index contributed by atoms with van der Waals surface area (Å²) in [4.78, 5) is 12.0. The quantitative estimate of drug-likeness (QED) is 0.790. The topological polar surface area (TPSA) is 55.1 Å². The Morgan fingerprint density at radius 2 is 1.89 bits per heavy atom. The molecule has 1 rings (SSSR count). The molecule has 1 saturated carbocycles. The van der Waals surface area contributed by atoms with Gasteiger partial charge in [-0.15, -0.1) is 12.4 Å². The van der Waals surface area contributed by atoms with Gasteiger partial charge in [0.25, 0.3) is 0 Å². The molecule has 0 radical (unpaired) electrons. The summed E-state index contributed by atoms with van der Waals surface area (Å²) in [6.45, 7) is 7.29. The van der Waals surface area contributed by atoms with E-state index in [0.717, 1.165) is 12.8 Å². The third kappa shape index (κ3) is 7.17. The van der Waals surface area contributed by atoms with Gasteiger partial charge in [0.15, 0.2) is 0 Å². The highest BCUT2D eigenvalue weighted by molar-refractivity contribution is 5.85. The normalized spacial score (nSPS) is 24.7. The summed E-state index contributed by atoms with van der Waals surface area (Å²) in [6, 6.07) is 0.322. The third-order valence-corrected chi connectivity index (χ3v) is 3.97. The molecule has 0 aromatic rings. The molecule has 0 aromatic carbocycles. The number of hydrogen-bond acceptors (Lipinski definition) is 2. The molecule has 0 aromatic heterocycles. The lowest BCUT2D eigenvalue weighted by Gasteiger charge is -2.31. The third-order valence-electron chi connectivity index (χ3n) is 3.97. The highest BCUT2D eigenvalue weighted by Crippen LogP contribution is 2.24. The van der Waals surface area contributed by atoms with Gasteiger partial charge in [-0.2, -0.15) is 0 Å². The second-order valence-electron chi connectivity index (χ2n) is 6.39. The van der Waals surface area contributed by atoms with Crippen LogP contribution < -0.4 is 11.1 Å². The number of amides is 1. The number of carbonyl (C=O) groups excluding carboxylic acids is 1. The zero-order valence-electron chi connectivity index (χ0n) is 12.7. The molecule has 3 unspecified atom stereocenters. The maximum Gasteiger partial charge on any atom is 0.220 e. The van der Waals surface area contributed by atoms with Gasteiger partial charge >= 0.3 is 0 Å². The van der Waals surface area contributed by atoms with Crippen LogP contribution in [0, 0.1) is 17.8 Å². The van der Waals surface area contributed by atoms with Crippen molar-refractivity contribution in [2.45, 2.75) is 65.3 Å². The Morgan fingerprint density at radius 1 is 1.26 bits per heavy atom. The molecule has 19 heavy (non-hydrogen) atoms. The summed E-state index contributed by atoms with van der Waals surface area (Å²) in [5.74, 6) is 1.85. The van der Waals surface area contributed by atoms with Crippen LogP contribution in [0.15, 0.2) is 0 Å². The van der Waals surface area contributed by atoms with E-state index < -0.39 is 0 Å². The summed E-state index contributed by atoms with van der Waals surface area (Å²) < 4.78 is 0. The Morgan fingerprint density at radius 3 is 2.47 bits per heavy atom. The summed E-state index contributed by atoms with van der Waals surface area (Å²) in [7, 11) is 0. The first-order valence-electron chi connectivity index (χ1n) is 7.52. The molecule has 4 heteroatoms. The van der Waals surface area contributed by atoms with Gasteiger partial charge in [0, 0.05) is 12.5 Å². The molecule has 0 aliphatic heterocycles. The van der Waals surface area contributed by atoms with Crippen molar-refractivity contribution in [1.82, 2.24) is 5.32 Å². The van der Waals surface area contributed by atoms with Crippen LogP contribution in [0.5, 0.6) is 0 Å². The van der Waals surface area contributed by atoms with Crippen molar-refractivity contribution in [3.05, 3.63) is 0 Å². The second-order valence-corrected chi connectivity index (χ2v) is 6.39.